The van der Waals surface area contributed by atoms with Crippen molar-refractivity contribution in [1.82, 2.24) is 25.0 Å². The molecule has 1 aliphatic heterocycles. The molecule has 4 aromatic rings. The number of amides is 1. The van der Waals surface area contributed by atoms with Crippen LogP contribution >= 0.6 is 0 Å². The highest BCUT2D eigenvalue weighted by atomic mass is 16.5. The quantitative estimate of drug-likeness (QED) is 0.428. The molecule has 4 heterocycles. The lowest BCUT2D eigenvalue weighted by molar-refractivity contribution is 0.0629. The Balaban J connectivity index is 1.13. The Hall–Kier alpha value is -4.01. The van der Waals surface area contributed by atoms with Crippen LogP contribution in [0.3, 0.4) is 0 Å². The predicted octanol–water partition coefficient (Wildman–Crippen LogP) is 4.06. The van der Waals surface area contributed by atoms with Gasteiger partial charge in [0.05, 0.1) is 6.20 Å². The van der Waals surface area contributed by atoms with Gasteiger partial charge in [0.2, 0.25) is 5.82 Å². The summed E-state index contributed by atoms with van der Waals surface area (Å²) >= 11 is 0. The Morgan fingerprint density at radius 2 is 1.65 bits per heavy atom. The number of aromatic nitrogens is 4. The van der Waals surface area contributed by atoms with Crippen LogP contribution in [0.2, 0.25) is 0 Å². The maximum Gasteiger partial charge on any atom is 0.324 e. The standard InChI is InChI=1S/C25H24N6O3/c32-24(19-3-1-17(2-4-19)22-15-27-16-33-22)31(20-5-6-20)21-9-13-30(14-10-21)25-28-23(29-34-25)18-7-11-26-12-8-18/h1-4,7-8,11-12,15-16,20-21H,5-6,9-10,13-14H2. The second-order valence-electron chi connectivity index (χ2n) is 8.74. The number of pyridine rings is 1. The van der Waals surface area contributed by atoms with Gasteiger partial charge in [-0.3, -0.25) is 9.78 Å². The number of carbonyl (C=O) groups excluding carboxylic acids is 1. The molecule has 2 fully saturated rings. The summed E-state index contributed by atoms with van der Waals surface area (Å²) in [6.45, 7) is 1.53. The highest BCUT2D eigenvalue weighted by Crippen LogP contribution is 2.34. The van der Waals surface area contributed by atoms with Crippen molar-refractivity contribution in [2.75, 3.05) is 18.0 Å². The molecular weight excluding hydrogens is 432 g/mol. The molecule has 34 heavy (non-hydrogen) atoms. The normalized spacial score (nSPS) is 16.5. The second kappa shape index (κ2) is 8.74. The van der Waals surface area contributed by atoms with E-state index >= 15 is 0 Å². The third kappa shape index (κ3) is 4.05. The first-order valence-corrected chi connectivity index (χ1v) is 11.6. The maximum atomic E-state index is 13.5. The van der Waals surface area contributed by atoms with Crippen molar-refractivity contribution >= 4 is 11.9 Å². The largest absolute Gasteiger partial charge is 0.444 e. The zero-order valence-electron chi connectivity index (χ0n) is 18.6. The van der Waals surface area contributed by atoms with E-state index in [0.29, 0.717) is 29.2 Å². The number of rotatable bonds is 6. The first kappa shape index (κ1) is 20.6. The number of benzene rings is 1. The van der Waals surface area contributed by atoms with Crippen LogP contribution in [0, 0.1) is 0 Å². The van der Waals surface area contributed by atoms with Crippen molar-refractivity contribution in [1.29, 1.82) is 0 Å². The fourth-order valence-corrected chi connectivity index (χ4v) is 4.56. The van der Waals surface area contributed by atoms with Crippen LogP contribution in [-0.4, -0.2) is 56.1 Å². The van der Waals surface area contributed by atoms with Gasteiger partial charge in [0.15, 0.2) is 12.2 Å². The molecule has 0 N–H and O–H groups in total. The molecule has 0 radical (unpaired) electrons. The van der Waals surface area contributed by atoms with Crippen molar-refractivity contribution in [2.45, 2.75) is 37.8 Å². The Morgan fingerprint density at radius 3 is 2.32 bits per heavy atom. The van der Waals surface area contributed by atoms with Gasteiger partial charge in [0.1, 0.15) is 0 Å². The molecule has 0 unspecified atom stereocenters. The molecule has 172 valence electrons. The van der Waals surface area contributed by atoms with E-state index in [4.69, 9.17) is 8.94 Å². The van der Waals surface area contributed by atoms with Gasteiger partial charge < -0.3 is 18.7 Å². The summed E-state index contributed by atoms with van der Waals surface area (Å²) in [5.41, 5.74) is 2.49. The Kier molecular flexibility index (Phi) is 5.29. The molecule has 1 aliphatic carbocycles. The molecule has 0 atom stereocenters. The lowest BCUT2D eigenvalue weighted by Gasteiger charge is -2.38. The zero-order valence-corrected chi connectivity index (χ0v) is 18.6. The number of piperidine rings is 1. The highest BCUT2D eigenvalue weighted by molar-refractivity contribution is 5.95. The molecular formula is C25H24N6O3. The molecule has 2 aliphatic rings. The van der Waals surface area contributed by atoms with Gasteiger partial charge in [-0.05, 0) is 49.9 Å². The summed E-state index contributed by atoms with van der Waals surface area (Å²) in [5, 5.41) is 4.12. The van der Waals surface area contributed by atoms with Crippen LogP contribution < -0.4 is 4.90 Å². The molecule has 6 rings (SSSR count). The molecule has 0 bridgehead atoms. The van der Waals surface area contributed by atoms with Gasteiger partial charge in [-0.1, -0.05) is 17.3 Å². The number of hydrogen-bond donors (Lipinski definition) is 0. The van der Waals surface area contributed by atoms with Gasteiger partial charge >= 0.3 is 6.01 Å². The molecule has 9 nitrogen and oxygen atoms in total. The van der Waals surface area contributed by atoms with Crippen molar-refractivity contribution in [3.05, 3.63) is 66.9 Å². The van der Waals surface area contributed by atoms with Crippen molar-refractivity contribution in [3.8, 4) is 22.7 Å². The predicted molar refractivity (Wildman–Crippen MR) is 124 cm³/mol. The Labute approximate surface area is 196 Å². The minimum Gasteiger partial charge on any atom is -0.444 e. The number of carbonyl (C=O) groups is 1. The first-order chi connectivity index (χ1) is 16.8. The lowest BCUT2D eigenvalue weighted by atomic mass is 10.0. The minimum atomic E-state index is 0.0998. The number of hydrogen-bond acceptors (Lipinski definition) is 8. The molecule has 9 heteroatoms. The van der Waals surface area contributed by atoms with Crippen LogP contribution in [0.4, 0.5) is 6.01 Å². The van der Waals surface area contributed by atoms with Crippen LogP contribution in [-0.2, 0) is 0 Å². The van der Waals surface area contributed by atoms with Crippen molar-refractivity contribution in [2.24, 2.45) is 0 Å². The van der Waals surface area contributed by atoms with Gasteiger partial charge in [0.25, 0.3) is 5.91 Å². The Morgan fingerprint density at radius 1 is 0.912 bits per heavy atom. The number of oxazole rings is 1. The second-order valence-corrected chi connectivity index (χ2v) is 8.74. The van der Waals surface area contributed by atoms with Crippen molar-refractivity contribution < 1.29 is 13.7 Å². The van der Waals surface area contributed by atoms with Crippen LogP contribution in [0.15, 0.2) is 70.3 Å². The average Bonchev–Trinajstić information content (AvgIpc) is 3.35. The summed E-state index contributed by atoms with van der Waals surface area (Å²) in [6.07, 6.45) is 10.4. The van der Waals surface area contributed by atoms with Crippen LogP contribution in [0.5, 0.6) is 0 Å². The topological polar surface area (TPSA) is 101 Å². The van der Waals surface area contributed by atoms with Gasteiger partial charge in [-0.15, -0.1) is 0 Å². The molecule has 1 aromatic carbocycles. The third-order valence-corrected chi connectivity index (χ3v) is 6.51. The van der Waals surface area contributed by atoms with E-state index in [-0.39, 0.29) is 11.9 Å². The van der Waals surface area contributed by atoms with Gasteiger partial charge in [0, 0.05) is 54.3 Å². The summed E-state index contributed by atoms with van der Waals surface area (Å²) in [4.78, 5) is 30.2. The number of nitrogens with zero attached hydrogens (tertiary/aromatic N) is 6. The molecule has 1 saturated carbocycles. The monoisotopic (exact) mass is 456 g/mol. The summed E-state index contributed by atoms with van der Waals surface area (Å²) < 4.78 is 10.9. The van der Waals surface area contributed by atoms with Crippen LogP contribution in [0.1, 0.15) is 36.0 Å². The van der Waals surface area contributed by atoms with Gasteiger partial charge in [-0.2, -0.15) is 4.98 Å². The Bertz CT molecular complexity index is 1240. The van der Waals surface area contributed by atoms with Crippen LogP contribution in [0.25, 0.3) is 22.7 Å². The van der Waals surface area contributed by atoms with Gasteiger partial charge in [-0.25, -0.2) is 4.98 Å². The van der Waals surface area contributed by atoms with E-state index in [9.17, 15) is 4.79 Å². The van der Waals surface area contributed by atoms with E-state index in [1.807, 2.05) is 36.4 Å². The fourth-order valence-electron chi connectivity index (χ4n) is 4.56. The van der Waals surface area contributed by atoms with E-state index in [0.717, 1.165) is 49.9 Å². The zero-order chi connectivity index (χ0) is 22.9. The fraction of sp³-hybridized carbons (Fsp3) is 0.320. The number of anilines is 1. The summed E-state index contributed by atoms with van der Waals surface area (Å²) in [5.74, 6) is 1.35. The van der Waals surface area contributed by atoms with E-state index in [1.54, 1.807) is 18.6 Å². The summed E-state index contributed by atoms with van der Waals surface area (Å²) in [6, 6.07) is 12.4. The highest BCUT2D eigenvalue weighted by Gasteiger charge is 2.39. The molecule has 1 saturated heterocycles. The molecule has 1 amide bonds. The smallest absolute Gasteiger partial charge is 0.324 e. The van der Waals surface area contributed by atoms with E-state index in [1.165, 1.54) is 6.39 Å². The SMILES string of the molecule is O=C(c1ccc(-c2cnco2)cc1)N(C1CC1)C1CCN(c2nc(-c3ccncc3)no2)CC1. The lowest BCUT2D eigenvalue weighted by Crippen LogP contribution is -2.48. The van der Waals surface area contributed by atoms with E-state index < -0.39 is 0 Å². The molecule has 0 spiro atoms. The van der Waals surface area contributed by atoms with E-state index in [2.05, 4.69) is 29.9 Å². The third-order valence-electron chi connectivity index (χ3n) is 6.51. The molecule has 3 aromatic heterocycles. The minimum absolute atomic E-state index is 0.0998. The van der Waals surface area contributed by atoms with Crippen molar-refractivity contribution in [3.63, 3.8) is 0 Å². The summed E-state index contributed by atoms with van der Waals surface area (Å²) in [7, 11) is 0. The maximum absolute atomic E-state index is 13.5. The first-order valence-electron chi connectivity index (χ1n) is 11.6. The average molecular weight is 457 g/mol.